The average molecular weight is 297 g/mol. The molecule has 16 heavy (non-hydrogen) atoms. The molecule has 0 spiro atoms. The summed E-state index contributed by atoms with van der Waals surface area (Å²) in [4.78, 5) is 4.45. The van der Waals surface area contributed by atoms with Crippen LogP contribution in [-0.4, -0.2) is 11.5 Å². The molecule has 84 valence electrons. The number of pyridine rings is 1. The van der Waals surface area contributed by atoms with E-state index in [-0.39, 0.29) is 6.04 Å². The Labute approximate surface area is 108 Å². The second-order valence-corrected chi connectivity index (χ2v) is 5.14. The summed E-state index contributed by atoms with van der Waals surface area (Å²) >= 11 is 5.12. The molecule has 0 saturated carbocycles. The van der Waals surface area contributed by atoms with E-state index in [1.165, 1.54) is 5.56 Å². The molecular weight excluding hydrogens is 284 g/mol. The van der Waals surface area contributed by atoms with Crippen molar-refractivity contribution in [2.45, 2.75) is 13.0 Å². The van der Waals surface area contributed by atoms with Crippen molar-refractivity contribution in [2.24, 2.45) is 0 Å². The van der Waals surface area contributed by atoms with Crippen molar-refractivity contribution in [1.82, 2.24) is 10.3 Å². The molecule has 2 aromatic heterocycles. The molecule has 0 bridgehead atoms. The van der Waals surface area contributed by atoms with Gasteiger partial charge in [-0.25, -0.2) is 0 Å². The Morgan fingerprint density at radius 1 is 1.44 bits per heavy atom. The van der Waals surface area contributed by atoms with E-state index < -0.39 is 0 Å². The number of rotatable bonds is 4. The van der Waals surface area contributed by atoms with Crippen molar-refractivity contribution >= 4 is 27.3 Å². The molecule has 2 nitrogen and oxygen atoms in total. The molecule has 1 unspecified atom stereocenters. The zero-order valence-electron chi connectivity index (χ0n) is 8.98. The molecular formula is C12H13BrN2S. The van der Waals surface area contributed by atoms with Crippen molar-refractivity contribution in [1.29, 1.82) is 0 Å². The molecule has 2 rings (SSSR count). The van der Waals surface area contributed by atoms with E-state index in [4.69, 9.17) is 0 Å². The van der Waals surface area contributed by atoms with Gasteiger partial charge in [0.1, 0.15) is 0 Å². The normalized spacial score (nSPS) is 12.6. The average Bonchev–Trinajstić information content (AvgIpc) is 2.81. The van der Waals surface area contributed by atoms with E-state index in [2.05, 4.69) is 56.0 Å². The Bertz CT molecular complexity index is 425. The van der Waals surface area contributed by atoms with Gasteiger partial charge in [0.15, 0.2) is 0 Å². The summed E-state index contributed by atoms with van der Waals surface area (Å²) in [5.41, 5.74) is 2.34. The maximum absolute atomic E-state index is 4.45. The largest absolute Gasteiger partial charge is 0.305 e. The van der Waals surface area contributed by atoms with Crippen molar-refractivity contribution < 1.29 is 0 Å². The monoisotopic (exact) mass is 296 g/mol. The minimum atomic E-state index is 0.198. The Morgan fingerprint density at radius 3 is 2.88 bits per heavy atom. The summed E-state index contributed by atoms with van der Waals surface area (Å²) in [6.07, 6.45) is 1.84. The van der Waals surface area contributed by atoms with Gasteiger partial charge in [0.25, 0.3) is 0 Å². The summed E-state index contributed by atoms with van der Waals surface area (Å²) in [7, 11) is 0. The predicted molar refractivity (Wildman–Crippen MR) is 71.8 cm³/mol. The first kappa shape index (κ1) is 11.8. The van der Waals surface area contributed by atoms with Gasteiger partial charge in [-0.3, -0.25) is 4.98 Å². The Balaban J connectivity index is 2.29. The lowest BCUT2D eigenvalue weighted by atomic mass is 10.1. The molecule has 4 heteroatoms. The van der Waals surface area contributed by atoms with Crippen LogP contribution >= 0.6 is 27.3 Å². The quantitative estimate of drug-likeness (QED) is 0.932. The SMILES string of the molecule is CCNC(c1ccsc1)c1ccc(Br)cn1. The zero-order chi connectivity index (χ0) is 11.4. The molecule has 1 N–H and O–H groups in total. The van der Waals surface area contributed by atoms with Gasteiger partial charge in [-0.1, -0.05) is 6.92 Å². The summed E-state index contributed by atoms with van der Waals surface area (Å²) in [5.74, 6) is 0. The number of aromatic nitrogens is 1. The third-order valence-corrected chi connectivity index (χ3v) is 3.50. The highest BCUT2D eigenvalue weighted by molar-refractivity contribution is 9.10. The molecule has 0 radical (unpaired) electrons. The number of hydrogen-bond donors (Lipinski definition) is 1. The molecule has 2 heterocycles. The van der Waals surface area contributed by atoms with Gasteiger partial charge in [0.05, 0.1) is 11.7 Å². The first-order valence-corrected chi connectivity index (χ1v) is 6.91. The van der Waals surface area contributed by atoms with Gasteiger partial charge in [-0.15, -0.1) is 0 Å². The molecule has 0 saturated heterocycles. The Morgan fingerprint density at radius 2 is 2.31 bits per heavy atom. The number of thiophene rings is 1. The third kappa shape index (κ3) is 2.70. The zero-order valence-corrected chi connectivity index (χ0v) is 11.4. The number of nitrogens with one attached hydrogen (secondary N) is 1. The fraction of sp³-hybridized carbons (Fsp3) is 0.250. The molecule has 0 amide bonds. The fourth-order valence-electron chi connectivity index (χ4n) is 1.59. The van der Waals surface area contributed by atoms with Crippen LogP contribution < -0.4 is 5.32 Å². The molecule has 0 aliphatic heterocycles. The van der Waals surface area contributed by atoms with Crippen molar-refractivity contribution in [3.05, 3.63) is 50.9 Å². The van der Waals surface area contributed by atoms with Crippen molar-refractivity contribution in [2.75, 3.05) is 6.54 Å². The second-order valence-electron chi connectivity index (χ2n) is 3.45. The second kappa shape index (κ2) is 5.57. The highest BCUT2D eigenvalue weighted by atomic mass is 79.9. The first-order valence-electron chi connectivity index (χ1n) is 5.18. The predicted octanol–water partition coefficient (Wildman–Crippen LogP) is 3.60. The van der Waals surface area contributed by atoms with Crippen molar-refractivity contribution in [3.8, 4) is 0 Å². The number of halogens is 1. The van der Waals surface area contributed by atoms with E-state index >= 15 is 0 Å². The topological polar surface area (TPSA) is 24.9 Å². The molecule has 0 aliphatic rings. The maximum Gasteiger partial charge on any atom is 0.0759 e. The maximum atomic E-state index is 4.45. The third-order valence-electron chi connectivity index (χ3n) is 2.33. The van der Waals surface area contributed by atoms with Crippen LogP contribution in [-0.2, 0) is 0 Å². The van der Waals surface area contributed by atoms with Crippen LogP contribution in [0.15, 0.2) is 39.6 Å². The van der Waals surface area contributed by atoms with Crippen LogP contribution in [0.5, 0.6) is 0 Å². The smallest absolute Gasteiger partial charge is 0.0759 e. The summed E-state index contributed by atoms with van der Waals surface area (Å²) in [5, 5.41) is 7.71. The lowest BCUT2D eigenvalue weighted by Gasteiger charge is -2.16. The molecule has 0 aliphatic carbocycles. The lowest BCUT2D eigenvalue weighted by molar-refractivity contribution is 0.617. The van der Waals surface area contributed by atoms with E-state index in [9.17, 15) is 0 Å². The van der Waals surface area contributed by atoms with Crippen molar-refractivity contribution in [3.63, 3.8) is 0 Å². The lowest BCUT2D eigenvalue weighted by Crippen LogP contribution is -2.22. The highest BCUT2D eigenvalue weighted by Crippen LogP contribution is 2.23. The van der Waals surface area contributed by atoms with Crippen LogP contribution in [0.4, 0.5) is 0 Å². The van der Waals surface area contributed by atoms with Gasteiger partial charge in [0, 0.05) is 10.7 Å². The highest BCUT2D eigenvalue weighted by Gasteiger charge is 2.14. The van der Waals surface area contributed by atoms with Gasteiger partial charge >= 0.3 is 0 Å². The Kier molecular flexibility index (Phi) is 4.09. The summed E-state index contributed by atoms with van der Waals surface area (Å²) < 4.78 is 1.01. The van der Waals surface area contributed by atoms with Crippen LogP contribution in [0.2, 0.25) is 0 Å². The molecule has 2 aromatic rings. The van der Waals surface area contributed by atoms with E-state index in [1.54, 1.807) is 11.3 Å². The van der Waals surface area contributed by atoms with E-state index in [1.807, 2.05) is 12.3 Å². The number of nitrogens with zero attached hydrogens (tertiary/aromatic N) is 1. The molecule has 1 atom stereocenters. The summed E-state index contributed by atoms with van der Waals surface area (Å²) in [6.45, 7) is 3.04. The first-order chi connectivity index (χ1) is 7.81. The van der Waals surface area contributed by atoms with Crippen LogP contribution in [0, 0.1) is 0 Å². The standard InChI is InChI=1S/C12H13BrN2S/c1-2-14-12(9-5-6-16-8-9)11-4-3-10(13)7-15-11/h3-8,12,14H,2H2,1H3. The molecule has 0 fully saturated rings. The van der Waals surface area contributed by atoms with Crippen LogP contribution in [0.3, 0.4) is 0 Å². The summed E-state index contributed by atoms with van der Waals surface area (Å²) in [6, 6.07) is 6.42. The van der Waals surface area contributed by atoms with E-state index in [0.29, 0.717) is 0 Å². The van der Waals surface area contributed by atoms with Gasteiger partial charge in [-0.2, -0.15) is 11.3 Å². The van der Waals surface area contributed by atoms with Crippen LogP contribution in [0.1, 0.15) is 24.2 Å². The minimum Gasteiger partial charge on any atom is -0.305 e. The van der Waals surface area contributed by atoms with E-state index in [0.717, 1.165) is 16.7 Å². The molecule has 0 aromatic carbocycles. The van der Waals surface area contributed by atoms with Gasteiger partial charge in [-0.05, 0) is 57.0 Å². The minimum absolute atomic E-state index is 0.198. The van der Waals surface area contributed by atoms with Crippen LogP contribution in [0.25, 0.3) is 0 Å². The Hall–Kier alpha value is -0.710. The fourth-order valence-corrected chi connectivity index (χ4v) is 2.52. The number of hydrogen-bond acceptors (Lipinski definition) is 3. The van der Waals surface area contributed by atoms with Gasteiger partial charge < -0.3 is 5.32 Å². The van der Waals surface area contributed by atoms with Gasteiger partial charge in [0.2, 0.25) is 0 Å².